The van der Waals surface area contributed by atoms with Crippen LogP contribution in [0.1, 0.15) is 25.1 Å². The number of amides is 2. The maximum absolute atomic E-state index is 13.1. The van der Waals surface area contributed by atoms with E-state index in [0.29, 0.717) is 23.3 Å². The van der Waals surface area contributed by atoms with Crippen LogP contribution in [0, 0.1) is 5.82 Å². The maximum atomic E-state index is 13.1. The lowest BCUT2D eigenvalue weighted by atomic mass is 10.3. The van der Waals surface area contributed by atoms with Crippen molar-refractivity contribution in [3.8, 4) is 0 Å². The maximum Gasteiger partial charge on any atom is 0.241 e. The Bertz CT molecular complexity index is 722. The minimum atomic E-state index is -0.328. The van der Waals surface area contributed by atoms with E-state index in [-0.39, 0.29) is 30.6 Å². The van der Waals surface area contributed by atoms with Gasteiger partial charge < -0.3 is 15.2 Å². The second-order valence-electron chi connectivity index (χ2n) is 5.71. The first-order valence-electron chi connectivity index (χ1n) is 7.80. The molecule has 1 fully saturated rings. The molecule has 0 unspecified atom stereocenters. The SMILES string of the molecule is O=C(CCc1nc2ccc(F)cc2[nH]1)NCC(=O)N1CCCC1. The van der Waals surface area contributed by atoms with Crippen molar-refractivity contribution in [3.05, 3.63) is 29.8 Å². The molecule has 0 atom stereocenters. The Morgan fingerprint density at radius 1 is 1.30 bits per heavy atom. The number of hydrogen-bond acceptors (Lipinski definition) is 3. The lowest BCUT2D eigenvalue weighted by molar-refractivity contribution is -0.132. The Morgan fingerprint density at radius 3 is 2.87 bits per heavy atom. The highest BCUT2D eigenvalue weighted by Gasteiger charge is 2.18. The lowest BCUT2D eigenvalue weighted by Gasteiger charge is -2.15. The first-order chi connectivity index (χ1) is 11.1. The molecule has 7 heteroatoms. The second-order valence-corrected chi connectivity index (χ2v) is 5.71. The summed E-state index contributed by atoms with van der Waals surface area (Å²) in [6, 6.07) is 4.32. The minimum absolute atomic E-state index is 0.0323. The molecular weight excluding hydrogens is 299 g/mol. The molecule has 23 heavy (non-hydrogen) atoms. The zero-order valence-corrected chi connectivity index (χ0v) is 12.8. The molecule has 1 saturated heterocycles. The second kappa shape index (κ2) is 6.76. The molecule has 1 aromatic heterocycles. The highest BCUT2D eigenvalue weighted by molar-refractivity contribution is 5.85. The molecule has 1 aromatic carbocycles. The van der Waals surface area contributed by atoms with Crippen LogP contribution < -0.4 is 5.32 Å². The first-order valence-corrected chi connectivity index (χ1v) is 7.80. The summed E-state index contributed by atoms with van der Waals surface area (Å²) in [7, 11) is 0. The number of carbonyl (C=O) groups excluding carboxylic acids is 2. The van der Waals surface area contributed by atoms with E-state index in [4.69, 9.17) is 0 Å². The molecule has 0 saturated carbocycles. The molecule has 2 aromatic rings. The zero-order chi connectivity index (χ0) is 16.2. The summed E-state index contributed by atoms with van der Waals surface area (Å²) in [6.45, 7) is 1.61. The van der Waals surface area contributed by atoms with Crippen molar-refractivity contribution in [1.82, 2.24) is 20.2 Å². The zero-order valence-electron chi connectivity index (χ0n) is 12.8. The van der Waals surface area contributed by atoms with E-state index in [2.05, 4.69) is 15.3 Å². The standard InChI is InChI=1S/C16H19FN4O2/c17-11-3-4-12-13(9-11)20-14(19-12)5-6-15(22)18-10-16(23)21-7-1-2-8-21/h3-4,9H,1-2,5-8,10H2,(H,18,22)(H,19,20). The number of benzene rings is 1. The van der Waals surface area contributed by atoms with Crippen molar-refractivity contribution >= 4 is 22.8 Å². The summed E-state index contributed by atoms with van der Waals surface area (Å²) in [5, 5.41) is 2.64. The molecule has 0 radical (unpaired) electrons. The van der Waals surface area contributed by atoms with Crippen LogP contribution in [-0.2, 0) is 16.0 Å². The number of halogens is 1. The summed E-state index contributed by atoms with van der Waals surface area (Å²) in [5.41, 5.74) is 1.29. The monoisotopic (exact) mass is 318 g/mol. The summed E-state index contributed by atoms with van der Waals surface area (Å²) in [6.07, 6.45) is 2.72. The van der Waals surface area contributed by atoms with Crippen molar-refractivity contribution in [2.45, 2.75) is 25.7 Å². The van der Waals surface area contributed by atoms with Gasteiger partial charge in [0.15, 0.2) is 0 Å². The molecule has 0 aliphatic carbocycles. The van der Waals surface area contributed by atoms with Crippen molar-refractivity contribution in [2.24, 2.45) is 0 Å². The minimum Gasteiger partial charge on any atom is -0.347 e. The lowest BCUT2D eigenvalue weighted by Crippen LogP contribution is -2.38. The van der Waals surface area contributed by atoms with E-state index in [1.54, 1.807) is 11.0 Å². The third-order valence-corrected chi connectivity index (χ3v) is 3.98. The quantitative estimate of drug-likeness (QED) is 0.874. The van der Waals surface area contributed by atoms with E-state index in [0.717, 1.165) is 25.9 Å². The molecule has 1 aliphatic rings. The van der Waals surface area contributed by atoms with Crippen LogP contribution in [0.5, 0.6) is 0 Å². The number of rotatable bonds is 5. The number of H-pyrrole nitrogens is 1. The number of aromatic nitrogens is 2. The molecule has 2 heterocycles. The predicted molar refractivity (Wildman–Crippen MR) is 83.2 cm³/mol. The van der Waals surface area contributed by atoms with E-state index in [1.165, 1.54) is 12.1 Å². The fourth-order valence-electron chi connectivity index (χ4n) is 2.73. The van der Waals surface area contributed by atoms with Gasteiger partial charge in [-0.05, 0) is 31.0 Å². The van der Waals surface area contributed by atoms with Gasteiger partial charge in [-0.2, -0.15) is 0 Å². The fraction of sp³-hybridized carbons (Fsp3) is 0.438. The number of likely N-dealkylation sites (tertiary alicyclic amines) is 1. The van der Waals surface area contributed by atoms with Gasteiger partial charge in [0.25, 0.3) is 0 Å². The predicted octanol–water partition coefficient (Wildman–Crippen LogP) is 1.37. The molecule has 0 bridgehead atoms. The number of nitrogens with one attached hydrogen (secondary N) is 2. The Morgan fingerprint density at radius 2 is 2.09 bits per heavy atom. The topological polar surface area (TPSA) is 78.1 Å². The average molecular weight is 318 g/mol. The number of fused-ring (bicyclic) bond motifs is 1. The molecular formula is C16H19FN4O2. The fourth-order valence-corrected chi connectivity index (χ4v) is 2.73. The number of carbonyl (C=O) groups is 2. The summed E-state index contributed by atoms with van der Waals surface area (Å²) >= 11 is 0. The van der Waals surface area contributed by atoms with E-state index in [9.17, 15) is 14.0 Å². The third kappa shape index (κ3) is 3.85. The van der Waals surface area contributed by atoms with Gasteiger partial charge in [0.2, 0.25) is 11.8 Å². The number of hydrogen-bond donors (Lipinski definition) is 2. The van der Waals surface area contributed by atoms with Crippen LogP contribution >= 0.6 is 0 Å². The van der Waals surface area contributed by atoms with Gasteiger partial charge in [-0.3, -0.25) is 9.59 Å². The van der Waals surface area contributed by atoms with Crippen LogP contribution in [-0.4, -0.2) is 46.3 Å². The van der Waals surface area contributed by atoms with Crippen LogP contribution in [0.4, 0.5) is 4.39 Å². The van der Waals surface area contributed by atoms with Crippen LogP contribution in [0.2, 0.25) is 0 Å². The van der Waals surface area contributed by atoms with Crippen molar-refractivity contribution in [1.29, 1.82) is 0 Å². The van der Waals surface area contributed by atoms with Crippen molar-refractivity contribution in [2.75, 3.05) is 19.6 Å². The van der Waals surface area contributed by atoms with Gasteiger partial charge in [-0.25, -0.2) is 9.37 Å². The van der Waals surface area contributed by atoms with E-state index in [1.807, 2.05) is 0 Å². The molecule has 3 rings (SSSR count). The van der Waals surface area contributed by atoms with Crippen LogP contribution in [0.15, 0.2) is 18.2 Å². The summed E-state index contributed by atoms with van der Waals surface area (Å²) < 4.78 is 13.1. The molecule has 0 spiro atoms. The van der Waals surface area contributed by atoms with Gasteiger partial charge in [-0.15, -0.1) is 0 Å². The Labute approximate surface area is 133 Å². The van der Waals surface area contributed by atoms with Crippen molar-refractivity contribution in [3.63, 3.8) is 0 Å². The van der Waals surface area contributed by atoms with E-state index < -0.39 is 0 Å². The van der Waals surface area contributed by atoms with Gasteiger partial charge in [0.05, 0.1) is 17.6 Å². The summed E-state index contributed by atoms with van der Waals surface area (Å²) in [5.74, 6) is 0.0803. The first kappa shape index (κ1) is 15.5. The van der Waals surface area contributed by atoms with Crippen molar-refractivity contribution < 1.29 is 14.0 Å². The highest BCUT2D eigenvalue weighted by Crippen LogP contribution is 2.13. The number of nitrogens with zero attached hydrogens (tertiary/aromatic N) is 2. The van der Waals surface area contributed by atoms with Crippen LogP contribution in [0.3, 0.4) is 0 Å². The Kier molecular flexibility index (Phi) is 4.55. The molecule has 2 N–H and O–H groups in total. The smallest absolute Gasteiger partial charge is 0.241 e. The van der Waals surface area contributed by atoms with Gasteiger partial charge in [-0.1, -0.05) is 0 Å². The third-order valence-electron chi connectivity index (χ3n) is 3.98. The number of imidazole rings is 1. The molecule has 2 amide bonds. The Balaban J connectivity index is 1.47. The average Bonchev–Trinajstić information content (AvgIpc) is 3.19. The molecule has 6 nitrogen and oxygen atoms in total. The molecule has 122 valence electrons. The Hall–Kier alpha value is -2.44. The van der Waals surface area contributed by atoms with Crippen LogP contribution in [0.25, 0.3) is 11.0 Å². The normalized spacial score (nSPS) is 14.4. The largest absolute Gasteiger partial charge is 0.347 e. The number of aryl methyl sites for hydroxylation is 1. The van der Waals surface area contributed by atoms with Gasteiger partial charge in [0, 0.05) is 25.9 Å². The van der Waals surface area contributed by atoms with Gasteiger partial charge >= 0.3 is 0 Å². The number of aromatic amines is 1. The van der Waals surface area contributed by atoms with Gasteiger partial charge in [0.1, 0.15) is 11.6 Å². The highest BCUT2D eigenvalue weighted by atomic mass is 19.1. The summed E-state index contributed by atoms with van der Waals surface area (Å²) in [4.78, 5) is 32.7. The van der Waals surface area contributed by atoms with E-state index >= 15 is 0 Å². The molecule has 1 aliphatic heterocycles.